The first-order chi connectivity index (χ1) is 6.74. The summed E-state index contributed by atoms with van der Waals surface area (Å²) in [6.07, 6.45) is 6.60. The minimum absolute atomic E-state index is 0.291. The maximum absolute atomic E-state index is 12.8. The van der Waals surface area contributed by atoms with Gasteiger partial charge in [0.2, 0.25) is 0 Å². The van der Waals surface area contributed by atoms with Gasteiger partial charge in [-0.1, -0.05) is 0 Å². The van der Waals surface area contributed by atoms with Crippen LogP contribution in [0.5, 0.6) is 5.75 Å². The molecule has 1 rings (SSSR count). The molecule has 1 aromatic rings. The Labute approximate surface area is 91.4 Å². The van der Waals surface area contributed by atoms with Gasteiger partial charge in [-0.05, 0) is 40.5 Å². The zero-order valence-corrected chi connectivity index (χ0v) is 9.18. The molecule has 1 aromatic carbocycles. The summed E-state index contributed by atoms with van der Waals surface area (Å²) in [7, 11) is 0. The van der Waals surface area contributed by atoms with Crippen LogP contribution in [0.15, 0.2) is 22.7 Å². The van der Waals surface area contributed by atoms with E-state index in [4.69, 9.17) is 11.2 Å². The highest BCUT2D eigenvalue weighted by Gasteiger charge is 2.00. The van der Waals surface area contributed by atoms with Crippen LogP contribution in [-0.4, -0.2) is 6.61 Å². The number of rotatable bonds is 4. The molecular weight excluding hydrogens is 247 g/mol. The van der Waals surface area contributed by atoms with Gasteiger partial charge in [0.1, 0.15) is 11.6 Å². The van der Waals surface area contributed by atoms with Crippen molar-refractivity contribution < 1.29 is 9.13 Å². The molecule has 1 nitrogen and oxygen atoms in total. The highest BCUT2D eigenvalue weighted by atomic mass is 79.9. The average Bonchev–Trinajstić information content (AvgIpc) is 2.18. The molecule has 0 heterocycles. The number of terminal acetylenes is 1. The van der Waals surface area contributed by atoms with Gasteiger partial charge in [-0.2, -0.15) is 0 Å². The number of benzene rings is 1. The van der Waals surface area contributed by atoms with Crippen LogP contribution in [0.1, 0.15) is 12.8 Å². The fraction of sp³-hybridized carbons (Fsp3) is 0.273. The maximum atomic E-state index is 12.8. The van der Waals surface area contributed by atoms with E-state index < -0.39 is 0 Å². The second kappa shape index (κ2) is 5.66. The van der Waals surface area contributed by atoms with Crippen LogP contribution in [0.3, 0.4) is 0 Å². The minimum atomic E-state index is -0.291. The van der Waals surface area contributed by atoms with Gasteiger partial charge in [0.15, 0.2) is 0 Å². The van der Waals surface area contributed by atoms with Crippen LogP contribution in [0, 0.1) is 18.2 Å². The van der Waals surface area contributed by atoms with Crippen LogP contribution in [0.4, 0.5) is 4.39 Å². The molecule has 3 heteroatoms. The third-order valence-corrected chi connectivity index (χ3v) is 2.23. The van der Waals surface area contributed by atoms with Gasteiger partial charge >= 0.3 is 0 Å². The molecular formula is C11H10BrFO. The highest BCUT2D eigenvalue weighted by molar-refractivity contribution is 9.10. The Morgan fingerprint density at radius 3 is 2.93 bits per heavy atom. The minimum Gasteiger partial charge on any atom is -0.494 e. The largest absolute Gasteiger partial charge is 0.494 e. The molecule has 0 aliphatic carbocycles. The topological polar surface area (TPSA) is 9.23 Å². The normalized spacial score (nSPS) is 9.50. The van der Waals surface area contributed by atoms with E-state index in [1.54, 1.807) is 12.1 Å². The van der Waals surface area contributed by atoms with E-state index >= 15 is 0 Å². The summed E-state index contributed by atoms with van der Waals surface area (Å²) < 4.78 is 18.6. The van der Waals surface area contributed by atoms with Crippen molar-refractivity contribution in [3.8, 4) is 18.1 Å². The molecule has 0 aliphatic rings. The molecule has 0 saturated carbocycles. The van der Waals surface area contributed by atoms with Crippen molar-refractivity contribution in [2.75, 3.05) is 6.61 Å². The van der Waals surface area contributed by atoms with E-state index in [1.807, 2.05) is 0 Å². The van der Waals surface area contributed by atoms with Gasteiger partial charge in [-0.3, -0.25) is 0 Å². The molecule has 0 N–H and O–H groups in total. The zero-order valence-electron chi connectivity index (χ0n) is 7.59. The van der Waals surface area contributed by atoms with E-state index in [2.05, 4.69) is 21.9 Å². The summed E-state index contributed by atoms with van der Waals surface area (Å²) in [5.74, 6) is 2.88. The second-order valence-electron chi connectivity index (χ2n) is 2.73. The first-order valence-corrected chi connectivity index (χ1v) is 5.04. The Morgan fingerprint density at radius 2 is 2.29 bits per heavy atom. The lowest BCUT2D eigenvalue weighted by molar-refractivity contribution is 0.312. The molecule has 0 unspecified atom stereocenters. The summed E-state index contributed by atoms with van der Waals surface area (Å²) in [6, 6.07) is 4.56. The number of hydrogen-bond donors (Lipinski definition) is 0. The molecule has 14 heavy (non-hydrogen) atoms. The predicted octanol–water partition coefficient (Wildman–Crippen LogP) is 3.38. The van der Waals surface area contributed by atoms with Crippen molar-refractivity contribution in [1.29, 1.82) is 0 Å². The van der Waals surface area contributed by atoms with Crippen molar-refractivity contribution in [2.24, 2.45) is 0 Å². The van der Waals surface area contributed by atoms with Crippen molar-refractivity contribution in [3.63, 3.8) is 0 Å². The van der Waals surface area contributed by atoms with Crippen LogP contribution in [-0.2, 0) is 0 Å². The van der Waals surface area contributed by atoms with E-state index in [0.717, 1.165) is 6.42 Å². The molecule has 0 spiro atoms. The van der Waals surface area contributed by atoms with E-state index in [0.29, 0.717) is 23.2 Å². The summed E-state index contributed by atoms with van der Waals surface area (Å²) in [4.78, 5) is 0. The zero-order chi connectivity index (χ0) is 10.4. The maximum Gasteiger partial charge on any atom is 0.137 e. The quantitative estimate of drug-likeness (QED) is 0.593. The molecule has 0 aromatic heterocycles. The van der Waals surface area contributed by atoms with Gasteiger partial charge < -0.3 is 4.74 Å². The first kappa shape index (κ1) is 11.1. The second-order valence-corrected chi connectivity index (χ2v) is 3.59. The molecule has 0 saturated heterocycles. The first-order valence-electron chi connectivity index (χ1n) is 4.25. The summed E-state index contributed by atoms with van der Waals surface area (Å²) in [5.41, 5.74) is 0. The van der Waals surface area contributed by atoms with Crippen LogP contribution < -0.4 is 4.74 Å². The third kappa shape index (κ3) is 3.39. The molecule has 0 radical (unpaired) electrons. The Kier molecular flexibility index (Phi) is 4.48. The fourth-order valence-corrected chi connectivity index (χ4v) is 1.29. The van der Waals surface area contributed by atoms with Crippen molar-refractivity contribution >= 4 is 15.9 Å². The lowest BCUT2D eigenvalue weighted by Gasteiger charge is -2.05. The molecule has 74 valence electrons. The summed E-state index contributed by atoms with van der Waals surface area (Å²) >= 11 is 3.08. The van der Waals surface area contributed by atoms with Gasteiger partial charge in [0.05, 0.1) is 11.1 Å². The van der Waals surface area contributed by atoms with Crippen molar-refractivity contribution in [3.05, 3.63) is 28.5 Å². The lowest BCUT2D eigenvalue weighted by Crippen LogP contribution is -1.96. The average molecular weight is 257 g/mol. The van der Waals surface area contributed by atoms with Crippen LogP contribution >= 0.6 is 15.9 Å². The van der Waals surface area contributed by atoms with Gasteiger partial charge in [0, 0.05) is 6.42 Å². The van der Waals surface area contributed by atoms with Crippen molar-refractivity contribution in [1.82, 2.24) is 0 Å². The number of unbranched alkanes of at least 4 members (excludes halogenated alkanes) is 1. The van der Waals surface area contributed by atoms with Crippen LogP contribution in [0.2, 0.25) is 0 Å². The highest BCUT2D eigenvalue weighted by Crippen LogP contribution is 2.21. The van der Waals surface area contributed by atoms with Gasteiger partial charge in [-0.25, -0.2) is 4.39 Å². The predicted molar refractivity (Wildman–Crippen MR) is 57.7 cm³/mol. The van der Waals surface area contributed by atoms with Gasteiger partial charge in [-0.15, -0.1) is 12.3 Å². The third-order valence-electron chi connectivity index (χ3n) is 1.63. The molecule has 0 atom stereocenters. The number of ether oxygens (including phenoxy) is 1. The summed E-state index contributed by atoms with van der Waals surface area (Å²) in [5, 5.41) is 0. The Bertz CT molecular complexity index is 344. The smallest absolute Gasteiger partial charge is 0.137 e. The Balaban J connectivity index is 2.44. The van der Waals surface area contributed by atoms with Gasteiger partial charge in [0.25, 0.3) is 0 Å². The van der Waals surface area contributed by atoms with E-state index in [-0.39, 0.29) is 5.82 Å². The number of hydrogen-bond acceptors (Lipinski definition) is 1. The Hall–Kier alpha value is -1.01. The monoisotopic (exact) mass is 256 g/mol. The van der Waals surface area contributed by atoms with E-state index in [1.165, 1.54) is 6.07 Å². The Morgan fingerprint density at radius 1 is 1.50 bits per heavy atom. The molecule has 0 bridgehead atoms. The number of halogens is 2. The SMILES string of the molecule is C#CCCCOc1ccc(F)c(Br)c1. The lowest BCUT2D eigenvalue weighted by atomic mass is 10.3. The molecule has 0 aliphatic heterocycles. The van der Waals surface area contributed by atoms with Crippen LogP contribution in [0.25, 0.3) is 0 Å². The molecule has 0 fully saturated rings. The standard InChI is InChI=1S/C11H10BrFO/c1-2-3-4-7-14-9-5-6-11(13)10(12)8-9/h1,5-6,8H,3-4,7H2. The molecule has 0 amide bonds. The van der Waals surface area contributed by atoms with Crippen molar-refractivity contribution in [2.45, 2.75) is 12.8 Å². The van der Waals surface area contributed by atoms with E-state index in [9.17, 15) is 4.39 Å². The summed E-state index contributed by atoms with van der Waals surface area (Å²) in [6.45, 7) is 0.558. The fourth-order valence-electron chi connectivity index (χ4n) is 0.931.